The third-order valence-corrected chi connectivity index (χ3v) is 13.7. The largest absolute Gasteiger partial charge is 0.453 e. The number of alkyl carbamates (subject to hydrolysis) is 2. The van der Waals surface area contributed by atoms with E-state index in [4.69, 9.17) is 28.9 Å². The molecule has 0 unspecified atom stereocenters. The molecule has 0 radical (unpaired) electrons. The second-order valence-electron chi connectivity index (χ2n) is 18.7. The lowest BCUT2D eigenvalue weighted by Gasteiger charge is -2.31. The average molecular weight is 872 g/mol. The van der Waals surface area contributed by atoms with E-state index in [1.54, 1.807) is 4.90 Å². The number of carbonyl (C=O) groups is 4. The maximum absolute atomic E-state index is 14.0. The quantitative estimate of drug-likeness (QED) is 0.140. The molecule has 15 heteroatoms. The molecule has 15 nitrogen and oxygen atoms in total. The number of nitrogens with zero attached hydrogens (tertiary/aromatic N) is 4. The lowest BCUT2D eigenvalue weighted by atomic mass is 9.95. The number of H-pyrrole nitrogens is 1. The number of rotatable bonds is 11. The van der Waals surface area contributed by atoms with Crippen molar-refractivity contribution in [2.75, 3.05) is 40.5 Å². The topological polar surface area (TPSA) is 177 Å². The summed E-state index contributed by atoms with van der Waals surface area (Å²) in [4.78, 5) is 69.2. The van der Waals surface area contributed by atoms with Gasteiger partial charge in [0.25, 0.3) is 0 Å². The molecular weight excluding hydrogens is 815 g/mol. The zero-order chi connectivity index (χ0) is 44.9. The Labute approximate surface area is 373 Å². The van der Waals surface area contributed by atoms with Crippen molar-refractivity contribution < 1.29 is 38.1 Å². The Balaban J connectivity index is 0.871. The predicted octanol–water partition coefficient (Wildman–Crippen LogP) is 7.24. The Bertz CT molecular complexity index is 2520. The highest BCUT2D eigenvalue weighted by molar-refractivity contribution is 6.04. The number of carbonyl (C=O) groups excluding carboxylic acids is 4. The molecule has 5 aliphatic rings. The molecule has 4 aliphatic heterocycles. The number of likely N-dealkylation sites (tertiary alicyclic amines) is 2. The zero-order valence-corrected chi connectivity index (χ0v) is 37.3. The van der Waals surface area contributed by atoms with Crippen molar-refractivity contribution in [3.63, 3.8) is 0 Å². The number of ether oxygens (including phenoxy) is 4. The second-order valence-corrected chi connectivity index (χ2v) is 18.7. The van der Waals surface area contributed by atoms with E-state index in [1.807, 2.05) is 45.0 Å². The molecule has 1 aromatic heterocycles. The van der Waals surface area contributed by atoms with Gasteiger partial charge in [-0.3, -0.25) is 14.6 Å². The monoisotopic (exact) mass is 871 g/mol. The van der Waals surface area contributed by atoms with Crippen LogP contribution in [0.2, 0.25) is 0 Å². The summed E-state index contributed by atoms with van der Waals surface area (Å²) in [5.41, 5.74) is 7.13. The fourth-order valence-corrected chi connectivity index (χ4v) is 9.85. The van der Waals surface area contributed by atoms with Crippen LogP contribution in [0, 0.1) is 17.3 Å². The van der Waals surface area contributed by atoms with E-state index in [9.17, 15) is 19.2 Å². The molecule has 9 rings (SSSR count). The maximum Gasteiger partial charge on any atom is 0.407 e. The molecule has 3 aromatic carbocycles. The normalized spacial score (nSPS) is 21.7. The Kier molecular flexibility index (Phi) is 11.6. The van der Waals surface area contributed by atoms with Gasteiger partial charge in [-0.15, -0.1) is 0 Å². The molecule has 336 valence electrons. The SMILES string of the molecule is COC(=O)N[C@H](C(=O)N1CC2(C[C@H]1C1=NC=C(c3ccc(-c4ccc5cc(-c6cnc([C@@H]7CC8(CC8)CN7C(=O)[C@@H](NC(=O)OC)C(C)C)[nH]6)ccc5c4)cc3)C1)OCCO2)C(C)C. The van der Waals surface area contributed by atoms with Gasteiger partial charge in [-0.05, 0) is 81.7 Å². The fourth-order valence-electron chi connectivity index (χ4n) is 9.85. The van der Waals surface area contributed by atoms with Crippen molar-refractivity contribution in [1.29, 1.82) is 0 Å². The van der Waals surface area contributed by atoms with Crippen LogP contribution >= 0.6 is 0 Å². The van der Waals surface area contributed by atoms with E-state index >= 15 is 0 Å². The van der Waals surface area contributed by atoms with Gasteiger partial charge in [0.15, 0.2) is 5.79 Å². The van der Waals surface area contributed by atoms with Crippen LogP contribution < -0.4 is 10.6 Å². The van der Waals surface area contributed by atoms with E-state index in [-0.39, 0.29) is 47.7 Å². The average Bonchev–Trinajstić information content (AvgIpc) is 3.94. The summed E-state index contributed by atoms with van der Waals surface area (Å²) in [7, 11) is 2.59. The number of benzene rings is 3. The van der Waals surface area contributed by atoms with Crippen molar-refractivity contribution >= 4 is 46.1 Å². The Hall–Kier alpha value is -6.06. The van der Waals surface area contributed by atoms with Crippen LogP contribution in [0.25, 0.3) is 38.7 Å². The number of hydrogen-bond donors (Lipinski definition) is 3. The van der Waals surface area contributed by atoms with Crippen LogP contribution in [-0.4, -0.2) is 114 Å². The van der Waals surface area contributed by atoms with Crippen LogP contribution in [0.4, 0.5) is 9.59 Å². The van der Waals surface area contributed by atoms with Gasteiger partial charge in [-0.2, -0.15) is 0 Å². The summed E-state index contributed by atoms with van der Waals surface area (Å²) in [6, 6.07) is 19.3. The fraction of sp³-hybridized carbons (Fsp3) is 0.469. The highest BCUT2D eigenvalue weighted by atomic mass is 16.7. The first-order chi connectivity index (χ1) is 30.8. The molecule has 4 fully saturated rings. The zero-order valence-electron chi connectivity index (χ0n) is 37.3. The summed E-state index contributed by atoms with van der Waals surface area (Å²) < 4.78 is 21.8. The molecule has 0 bridgehead atoms. The van der Waals surface area contributed by atoms with Gasteiger partial charge in [-0.1, -0.05) is 76.2 Å². The summed E-state index contributed by atoms with van der Waals surface area (Å²) in [5, 5.41) is 7.67. The third-order valence-electron chi connectivity index (χ3n) is 13.7. The minimum absolute atomic E-state index is 0.109. The molecule has 5 heterocycles. The van der Waals surface area contributed by atoms with E-state index in [0.29, 0.717) is 32.6 Å². The molecule has 1 aliphatic carbocycles. The summed E-state index contributed by atoms with van der Waals surface area (Å²) >= 11 is 0. The van der Waals surface area contributed by atoms with Crippen LogP contribution in [0.5, 0.6) is 0 Å². The Morgan fingerprint density at radius 1 is 0.734 bits per heavy atom. The van der Waals surface area contributed by atoms with Gasteiger partial charge in [0.1, 0.15) is 17.9 Å². The number of imidazole rings is 1. The van der Waals surface area contributed by atoms with Crippen LogP contribution in [0.15, 0.2) is 78.1 Å². The minimum Gasteiger partial charge on any atom is -0.453 e. The molecule has 4 aromatic rings. The van der Waals surface area contributed by atoms with E-state index < -0.39 is 30.1 Å². The van der Waals surface area contributed by atoms with Crippen LogP contribution in [-0.2, 0) is 28.5 Å². The smallest absolute Gasteiger partial charge is 0.407 e. The van der Waals surface area contributed by atoms with Crippen molar-refractivity contribution in [3.05, 3.63) is 84.4 Å². The van der Waals surface area contributed by atoms with Gasteiger partial charge < -0.3 is 44.4 Å². The number of aromatic nitrogens is 2. The van der Waals surface area contributed by atoms with Gasteiger partial charge in [-0.25, -0.2) is 14.6 Å². The number of nitrogens with one attached hydrogen (secondary N) is 3. The molecule has 3 N–H and O–H groups in total. The number of aliphatic imine (C=N–C) groups is 1. The molecule has 4 atom stereocenters. The number of amides is 4. The molecular formula is C49H57N7O8. The highest BCUT2D eigenvalue weighted by Crippen LogP contribution is 2.58. The third kappa shape index (κ3) is 8.38. The Morgan fingerprint density at radius 2 is 1.30 bits per heavy atom. The number of fused-ring (bicyclic) bond motifs is 1. The van der Waals surface area contributed by atoms with Gasteiger partial charge in [0, 0.05) is 36.9 Å². The second kappa shape index (κ2) is 17.1. The van der Waals surface area contributed by atoms with Crippen molar-refractivity contribution in [1.82, 2.24) is 30.4 Å². The molecule has 4 amide bonds. The predicted molar refractivity (Wildman–Crippen MR) is 241 cm³/mol. The first kappa shape index (κ1) is 43.2. The molecule has 3 saturated heterocycles. The highest BCUT2D eigenvalue weighted by Gasteiger charge is 2.56. The van der Waals surface area contributed by atoms with Crippen LogP contribution in [0.3, 0.4) is 0 Å². The van der Waals surface area contributed by atoms with Crippen LogP contribution in [0.1, 0.15) is 77.2 Å². The summed E-state index contributed by atoms with van der Waals surface area (Å²) in [5.74, 6) is -0.749. The minimum atomic E-state index is -0.894. The number of allylic oxidation sites excluding steroid dienone is 1. The lowest BCUT2D eigenvalue weighted by Crippen LogP contribution is -2.54. The molecule has 64 heavy (non-hydrogen) atoms. The standard InChI is InChI=1S/C49H57N7O8/c1-28(2)41(53-46(59)61-5)44(57)55-26-48(15-16-48)22-40(55)43-51-25-38(52-43)35-14-13-33-19-32(11-12-34(33)20-35)30-7-9-31(10-8-30)36-21-37(50-24-36)39-23-49(63-17-18-64-49)27-56(39)45(58)42(29(3)4)54-47(60)62-6/h7-14,19-20,24-25,28-29,39-42H,15-18,21-23,26-27H2,1-6H3,(H,51,52)(H,53,59)(H,54,60)/t39-,40-,41-,42-/m0/s1. The maximum atomic E-state index is 14.0. The number of methoxy groups -OCH3 is 2. The van der Waals surface area contributed by atoms with E-state index in [2.05, 4.69) is 76.3 Å². The Morgan fingerprint density at radius 3 is 1.89 bits per heavy atom. The van der Waals surface area contributed by atoms with Crippen molar-refractivity contribution in [2.45, 2.75) is 89.8 Å². The summed E-state index contributed by atoms with van der Waals surface area (Å²) in [6.07, 6.45) is 6.51. The van der Waals surface area contributed by atoms with Crippen molar-refractivity contribution in [3.8, 4) is 22.4 Å². The van der Waals surface area contributed by atoms with E-state index in [0.717, 1.165) is 75.1 Å². The molecule has 1 saturated carbocycles. The molecule has 2 spiro atoms. The first-order valence-corrected chi connectivity index (χ1v) is 22.3. The van der Waals surface area contributed by atoms with Gasteiger partial charge in [0.05, 0.1) is 58.0 Å². The van der Waals surface area contributed by atoms with Gasteiger partial charge in [0.2, 0.25) is 11.8 Å². The number of hydrogen-bond acceptors (Lipinski definition) is 10. The van der Waals surface area contributed by atoms with E-state index in [1.165, 1.54) is 14.2 Å². The van der Waals surface area contributed by atoms with Gasteiger partial charge >= 0.3 is 12.2 Å². The summed E-state index contributed by atoms with van der Waals surface area (Å²) in [6.45, 7) is 9.46. The number of aromatic amines is 1. The first-order valence-electron chi connectivity index (χ1n) is 22.3. The van der Waals surface area contributed by atoms with Crippen molar-refractivity contribution in [2.24, 2.45) is 22.2 Å². The lowest BCUT2D eigenvalue weighted by molar-refractivity contribution is -0.153.